The Balaban J connectivity index is 0.000000176. The number of nitrogens with zero attached hydrogens (tertiary/aromatic N) is 4. The van der Waals surface area contributed by atoms with Crippen molar-refractivity contribution >= 4 is 33.7 Å². The lowest BCUT2D eigenvalue weighted by Crippen LogP contribution is -2.43. The minimum Gasteiger partial charge on any atom is -0.486 e. The molecule has 16 nitrogen and oxygen atoms in total. The summed E-state index contributed by atoms with van der Waals surface area (Å²) in [6.07, 6.45) is 4.19. The summed E-state index contributed by atoms with van der Waals surface area (Å²) in [5.41, 5.74) is 5.82. The summed E-state index contributed by atoms with van der Waals surface area (Å²) in [7, 11) is 1.34. The highest BCUT2D eigenvalue weighted by atomic mass is 16.6. The van der Waals surface area contributed by atoms with Crippen LogP contribution in [-0.2, 0) is 30.9 Å². The Bertz CT molecular complexity index is 3010. The number of esters is 1. The molecule has 0 radical (unpaired) electrons. The summed E-state index contributed by atoms with van der Waals surface area (Å²) in [4.78, 5) is 54.3. The first-order valence-electron chi connectivity index (χ1n) is 24.8. The van der Waals surface area contributed by atoms with Crippen molar-refractivity contribution in [2.45, 2.75) is 77.8 Å². The topological polar surface area (TPSA) is 175 Å². The van der Waals surface area contributed by atoms with Crippen LogP contribution in [0.2, 0.25) is 0 Å². The number of carbonyl (C=O) groups is 2. The molecular formula is C55H64N6O10. The maximum absolute atomic E-state index is 12.9. The molecule has 0 unspecified atom stereocenters. The summed E-state index contributed by atoms with van der Waals surface area (Å²) in [6.45, 7) is 14.4. The van der Waals surface area contributed by atoms with Gasteiger partial charge in [0.15, 0.2) is 23.0 Å². The normalized spacial score (nSPS) is 16.4. The second kappa shape index (κ2) is 22.6. The molecule has 2 aromatic heterocycles. The number of aromatic carboxylic acids is 1. The molecule has 6 aromatic rings. The zero-order valence-corrected chi connectivity index (χ0v) is 40.9. The highest BCUT2D eigenvalue weighted by molar-refractivity contribution is 6.04. The summed E-state index contributed by atoms with van der Waals surface area (Å²) in [5.74, 6) is 1.72. The van der Waals surface area contributed by atoms with E-state index in [4.69, 9.17) is 23.7 Å². The highest BCUT2D eigenvalue weighted by Crippen LogP contribution is 2.32. The molecule has 4 aliphatic rings. The molecule has 374 valence electrons. The number of fused-ring (bicyclic) bond motifs is 4. The number of ether oxygens (including phenoxy) is 5. The predicted molar refractivity (Wildman–Crippen MR) is 272 cm³/mol. The lowest BCUT2D eigenvalue weighted by molar-refractivity contribution is 0.0601. The molecule has 6 heterocycles. The van der Waals surface area contributed by atoms with E-state index in [-0.39, 0.29) is 16.7 Å². The van der Waals surface area contributed by atoms with Crippen LogP contribution in [0.5, 0.6) is 23.0 Å². The molecule has 0 bridgehead atoms. The van der Waals surface area contributed by atoms with Gasteiger partial charge in [0, 0.05) is 74.3 Å². The summed E-state index contributed by atoms with van der Waals surface area (Å²) >= 11 is 0. The number of likely N-dealkylation sites (tertiary alicyclic amines) is 2. The van der Waals surface area contributed by atoms with Crippen molar-refractivity contribution in [1.82, 2.24) is 29.6 Å². The van der Waals surface area contributed by atoms with Gasteiger partial charge in [-0.2, -0.15) is 0 Å². The first kappa shape index (κ1) is 49.3. The third kappa shape index (κ3) is 11.9. The number of benzene rings is 4. The van der Waals surface area contributed by atoms with Crippen molar-refractivity contribution in [1.29, 1.82) is 0 Å². The van der Waals surface area contributed by atoms with Gasteiger partial charge in [-0.1, -0.05) is 36.4 Å². The first-order chi connectivity index (χ1) is 34.5. The second-order valence-electron chi connectivity index (χ2n) is 18.9. The van der Waals surface area contributed by atoms with Gasteiger partial charge in [-0.15, -0.1) is 0 Å². The molecule has 4 aliphatic heterocycles. The van der Waals surface area contributed by atoms with E-state index in [9.17, 15) is 24.3 Å². The standard InChI is InChI=1S/C28H33N3O5.C27H31N3O5/c1-19-3-5-22-23(28(33)34-2)17-27(32)31(24(22)15-19)12-11-30-9-7-21(8-10-30)29-18-20-4-6-25-26(16-20)36-14-13-35-25;1-18-2-4-21-22(27(32)33)16-26(31)30(23(21)14-18)11-10-29-8-6-20(7-9-29)28-17-19-3-5-24-25(15-19)35-13-12-34-24/h3-6,15-17,21,29H,7-14,18H2,1-2H3;2-5,14-16,20,28H,6-13,17H2,1H3,(H,32,33). The molecular weight excluding hydrogens is 905 g/mol. The summed E-state index contributed by atoms with van der Waals surface area (Å²) in [5, 5.41) is 18.2. The van der Waals surface area contributed by atoms with Crippen LogP contribution >= 0.6 is 0 Å². The number of hydrogen-bond acceptors (Lipinski definition) is 13. The lowest BCUT2D eigenvalue weighted by atomic mass is 10.0. The number of aromatic nitrogens is 2. The molecule has 10 rings (SSSR count). The Kier molecular flexibility index (Phi) is 15.7. The van der Waals surface area contributed by atoms with Crippen molar-refractivity contribution in [3.8, 4) is 23.0 Å². The van der Waals surface area contributed by atoms with E-state index in [1.807, 2.05) is 56.3 Å². The molecule has 71 heavy (non-hydrogen) atoms. The lowest BCUT2D eigenvalue weighted by Gasteiger charge is -2.32. The average molecular weight is 969 g/mol. The van der Waals surface area contributed by atoms with E-state index < -0.39 is 11.9 Å². The number of methoxy groups -OCH3 is 1. The number of carbonyl (C=O) groups excluding carboxylic acids is 1. The fourth-order valence-electron chi connectivity index (χ4n) is 10.0. The fourth-order valence-corrected chi connectivity index (χ4v) is 10.0. The van der Waals surface area contributed by atoms with Gasteiger partial charge >= 0.3 is 11.9 Å². The van der Waals surface area contributed by atoms with Crippen molar-refractivity contribution in [2.24, 2.45) is 0 Å². The van der Waals surface area contributed by atoms with E-state index in [0.29, 0.717) is 68.1 Å². The van der Waals surface area contributed by atoms with Crippen molar-refractivity contribution in [3.63, 3.8) is 0 Å². The van der Waals surface area contributed by atoms with Gasteiger partial charge in [-0.3, -0.25) is 9.59 Å². The zero-order valence-electron chi connectivity index (χ0n) is 40.9. The van der Waals surface area contributed by atoms with Crippen molar-refractivity contribution < 1.29 is 38.4 Å². The van der Waals surface area contributed by atoms with Crippen LogP contribution in [0.1, 0.15) is 68.7 Å². The molecule has 2 fully saturated rings. The Morgan fingerprint density at radius 2 is 0.986 bits per heavy atom. The maximum atomic E-state index is 12.9. The van der Waals surface area contributed by atoms with Gasteiger partial charge in [0.2, 0.25) is 0 Å². The summed E-state index contributed by atoms with van der Waals surface area (Å²) < 4.78 is 31.0. The highest BCUT2D eigenvalue weighted by Gasteiger charge is 2.23. The number of carboxylic acid groups (broad SMARTS) is 1. The number of pyridine rings is 2. The van der Waals surface area contributed by atoms with Gasteiger partial charge in [0.25, 0.3) is 11.1 Å². The van der Waals surface area contributed by atoms with Crippen LogP contribution in [0, 0.1) is 13.8 Å². The van der Waals surface area contributed by atoms with Gasteiger partial charge in [-0.25, -0.2) is 9.59 Å². The van der Waals surface area contributed by atoms with E-state index >= 15 is 0 Å². The zero-order chi connectivity index (χ0) is 49.4. The Hall–Kier alpha value is -6.72. The molecule has 0 spiro atoms. The van der Waals surface area contributed by atoms with Gasteiger partial charge in [0.05, 0.1) is 29.3 Å². The SMILES string of the molecule is COC(=O)c1cc(=O)n(CCN2CCC(NCc3ccc4c(c3)OCCO4)CC2)c2cc(C)ccc12.Cc1ccc2c(C(=O)O)cc(=O)n(CCN3CCC(NCc4ccc5c(c4)OCCO5)CC3)c2c1. The number of piperidine rings is 2. The molecule has 0 amide bonds. The fraction of sp³-hybridized carbons (Fsp3) is 0.418. The van der Waals surface area contributed by atoms with Crippen molar-refractivity contribution in [2.75, 3.05) is 72.8 Å². The Morgan fingerprint density at radius 1 is 0.563 bits per heavy atom. The Morgan fingerprint density at radius 3 is 1.42 bits per heavy atom. The molecule has 0 saturated carbocycles. The monoisotopic (exact) mass is 968 g/mol. The number of aryl methyl sites for hydroxylation is 2. The number of rotatable bonds is 14. The average Bonchev–Trinajstić information content (AvgIpc) is 3.39. The molecule has 0 atom stereocenters. The smallest absolute Gasteiger partial charge is 0.338 e. The largest absolute Gasteiger partial charge is 0.486 e. The minimum atomic E-state index is -1.08. The first-order valence-corrected chi connectivity index (χ1v) is 24.8. The van der Waals surface area contributed by atoms with E-state index in [1.54, 1.807) is 15.2 Å². The third-order valence-electron chi connectivity index (χ3n) is 14.0. The van der Waals surface area contributed by atoms with E-state index in [0.717, 1.165) is 123 Å². The second-order valence-corrected chi connectivity index (χ2v) is 18.9. The van der Waals surface area contributed by atoms with Crippen LogP contribution < -0.4 is 40.7 Å². The third-order valence-corrected chi connectivity index (χ3v) is 14.0. The Labute approximate surface area is 413 Å². The van der Waals surface area contributed by atoms with Gasteiger partial charge in [0.1, 0.15) is 26.4 Å². The number of carboxylic acids is 1. The maximum Gasteiger partial charge on any atom is 0.338 e. The van der Waals surface area contributed by atoms with Crippen LogP contribution in [0.15, 0.2) is 94.5 Å². The number of hydrogen-bond donors (Lipinski definition) is 3. The minimum absolute atomic E-state index is 0.0613. The van der Waals surface area contributed by atoms with Crippen LogP contribution in [0.4, 0.5) is 0 Å². The van der Waals surface area contributed by atoms with Gasteiger partial charge in [-0.05, 0) is 124 Å². The molecule has 0 aliphatic carbocycles. The van der Waals surface area contributed by atoms with Crippen LogP contribution in [-0.4, -0.2) is 121 Å². The quantitative estimate of drug-likeness (QED) is 0.106. The molecule has 3 N–H and O–H groups in total. The van der Waals surface area contributed by atoms with Gasteiger partial charge < -0.3 is 58.4 Å². The molecule has 2 saturated heterocycles. The van der Waals surface area contributed by atoms with Crippen LogP contribution in [0.25, 0.3) is 21.8 Å². The van der Waals surface area contributed by atoms with Crippen LogP contribution in [0.3, 0.4) is 0 Å². The predicted octanol–water partition coefficient (Wildman–Crippen LogP) is 6.16. The summed E-state index contributed by atoms with van der Waals surface area (Å²) in [6, 6.07) is 27.2. The van der Waals surface area contributed by atoms with E-state index in [1.165, 1.54) is 30.4 Å². The number of nitrogens with one attached hydrogen (secondary N) is 2. The molecule has 4 aromatic carbocycles. The molecule has 16 heteroatoms. The van der Waals surface area contributed by atoms with E-state index in [2.05, 4.69) is 44.7 Å². The van der Waals surface area contributed by atoms with Crippen molar-refractivity contribution in [3.05, 3.63) is 139 Å².